The molecule has 0 spiro atoms. The predicted octanol–water partition coefficient (Wildman–Crippen LogP) is 6.25. The number of fused-ring (bicyclic) bond motifs is 1. The van der Waals surface area contributed by atoms with Crippen molar-refractivity contribution < 1.29 is 4.39 Å². The van der Waals surface area contributed by atoms with E-state index < -0.39 is 0 Å². The summed E-state index contributed by atoms with van der Waals surface area (Å²) in [6.45, 7) is 2.02. The van der Waals surface area contributed by atoms with Gasteiger partial charge in [-0.3, -0.25) is 0 Å². The monoisotopic (exact) mass is 407 g/mol. The predicted molar refractivity (Wildman–Crippen MR) is 107 cm³/mol. The molecule has 1 N–H and O–H groups in total. The Morgan fingerprint density at radius 3 is 2.50 bits per heavy atom. The Labute approximate surface area is 159 Å². The number of rotatable bonds is 3. The van der Waals surface area contributed by atoms with Crippen LogP contribution >= 0.6 is 15.9 Å². The Bertz CT molecular complexity index is 1110. The summed E-state index contributed by atoms with van der Waals surface area (Å²) in [5, 5.41) is 4.26. The molecule has 0 fully saturated rings. The van der Waals surface area contributed by atoms with E-state index in [1.807, 2.05) is 49.4 Å². The highest BCUT2D eigenvalue weighted by molar-refractivity contribution is 9.10. The lowest BCUT2D eigenvalue weighted by Crippen LogP contribution is -2.01. The Hall–Kier alpha value is -2.79. The average Bonchev–Trinajstić information content (AvgIpc) is 2.64. The second-order valence-electron chi connectivity index (χ2n) is 5.98. The molecule has 1 heterocycles. The number of halogens is 2. The molecule has 0 aliphatic heterocycles. The lowest BCUT2D eigenvalue weighted by Gasteiger charge is -2.13. The summed E-state index contributed by atoms with van der Waals surface area (Å²) < 4.78 is 15.3. The van der Waals surface area contributed by atoms with E-state index in [2.05, 4.69) is 31.2 Å². The van der Waals surface area contributed by atoms with Crippen LogP contribution in [0.15, 0.2) is 71.2 Å². The second kappa shape index (κ2) is 6.84. The highest BCUT2D eigenvalue weighted by Gasteiger charge is 2.13. The van der Waals surface area contributed by atoms with Gasteiger partial charge in [0.25, 0.3) is 0 Å². The standard InChI is InChI=1S/C21H15BrFN3/c1-13-12-14(22)10-11-18(13)24-21-16-7-3-5-9-19(16)25-20(26-21)15-6-2-4-8-17(15)23/h2-12H,1H3,(H,24,25,26). The van der Waals surface area contributed by atoms with Crippen LogP contribution in [0.1, 0.15) is 5.56 Å². The van der Waals surface area contributed by atoms with E-state index >= 15 is 0 Å². The molecule has 0 aliphatic rings. The summed E-state index contributed by atoms with van der Waals surface area (Å²) >= 11 is 3.48. The number of aromatic nitrogens is 2. The van der Waals surface area contributed by atoms with Crippen LogP contribution in [0.2, 0.25) is 0 Å². The Kier molecular flexibility index (Phi) is 4.39. The molecular formula is C21H15BrFN3. The van der Waals surface area contributed by atoms with Gasteiger partial charge in [-0.2, -0.15) is 0 Å². The van der Waals surface area contributed by atoms with E-state index in [0.717, 1.165) is 26.6 Å². The highest BCUT2D eigenvalue weighted by atomic mass is 79.9. The fourth-order valence-electron chi connectivity index (χ4n) is 2.83. The molecule has 0 atom stereocenters. The van der Waals surface area contributed by atoms with Gasteiger partial charge in [-0.05, 0) is 55.0 Å². The summed E-state index contributed by atoms with van der Waals surface area (Å²) in [6.07, 6.45) is 0. The third-order valence-corrected chi connectivity index (χ3v) is 4.65. The molecule has 0 amide bonds. The molecule has 5 heteroatoms. The van der Waals surface area contributed by atoms with Gasteiger partial charge in [0, 0.05) is 15.5 Å². The van der Waals surface area contributed by atoms with Gasteiger partial charge in [-0.25, -0.2) is 14.4 Å². The minimum absolute atomic E-state index is 0.339. The molecule has 0 saturated carbocycles. The van der Waals surface area contributed by atoms with Crippen LogP contribution in [0.4, 0.5) is 15.9 Å². The smallest absolute Gasteiger partial charge is 0.165 e. The first kappa shape index (κ1) is 16.7. The molecule has 0 unspecified atom stereocenters. The van der Waals surface area contributed by atoms with E-state index in [4.69, 9.17) is 0 Å². The zero-order valence-corrected chi connectivity index (χ0v) is 15.6. The van der Waals surface area contributed by atoms with E-state index in [1.165, 1.54) is 6.07 Å². The van der Waals surface area contributed by atoms with Gasteiger partial charge < -0.3 is 5.32 Å². The number of hydrogen-bond donors (Lipinski definition) is 1. The zero-order valence-electron chi connectivity index (χ0n) is 14.0. The van der Waals surface area contributed by atoms with Gasteiger partial charge >= 0.3 is 0 Å². The molecule has 0 aliphatic carbocycles. The van der Waals surface area contributed by atoms with Crippen molar-refractivity contribution in [2.24, 2.45) is 0 Å². The summed E-state index contributed by atoms with van der Waals surface area (Å²) in [4.78, 5) is 9.16. The summed E-state index contributed by atoms with van der Waals surface area (Å²) in [5.74, 6) is 0.673. The van der Waals surface area contributed by atoms with Gasteiger partial charge in [0.15, 0.2) is 5.82 Å². The molecule has 1 aromatic heterocycles. The Morgan fingerprint density at radius 1 is 0.923 bits per heavy atom. The summed E-state index contributed by atoms with van der Waals surface area (Å²) in [7, 11) is 0. The molecule has 3 nitrogen and oxygen atoms in total. The van der Waals surface area contributed by atoms with Crippen LogP contribution in [-0.4, -0.2) is 9.97 Å². The topological polar surface area (TPSA) is 37.8 Å². The molecule has 0 radical (unpaired) electrons. The first-order valence-corrected chi connectivity index (χ1v) is 8.96. The third kappa shape index (κ3) is 3.18. The lowest BCUT2D eigenvalue weighted by atomic mass is 10.1. The second-order valence-corrected chi connectivity index (χ2v) is 6.89. The van der Waals surface area contributed by atoms with E-state index in [0.29, 0.717) is 17.2 Å². The van der Waals surface area contributed by atoms with Crippen molar-refractivity contribution in [3.8, 4) is 11.4 Å². The van der Waals surface area contributed by atoms with Gasteiger partial charge in [0.1, 0.15) is 11.6 Å². The minimum Gasteiger partial charge on any atom is -0.339 e. The van der Waals surface area contributed by atoms with E-state index in [-0.39, 0.29) is 5.82 Å². The fourth-order valence-corrected chi connectivity index (χ4v) is 3.31. The fraction of sp³-hybridized carbons (Fsp3) is 0.0476. The lowest BCUT2D eigenvalue weighted by molar-refractivity contribution is 0.630. The number of nitrogens with zero attached hydrogens (tertiary/aromatic N) is 2. The largest absolute Gasteiger partial charge is 0.339 e. The van der Waals surface area contributed by atoms with Crippen LogP contribution in [-0.2, 0) is 0 Å². The maximum Gasteiger partial charge on any atom is 0.165 e. The maximum absolute atomic E-state index is 14.2. The Balaban J connectivity index is 1.89. The molecule has 128 valence electrons. The van der Waals surface area contributed by atoms with Gasteiger partial charge in [0.2, 0.25) is 0 Å². The Morgan fingerprint density at radius 2 is 1.69 bits per heavy atom. The van der Waals surface area contributed by atoms with Crippen LogP contribution in [0.5, 0.6) is 0 Å². The van der Waals surface area contributed by atoms with Crippen molar-refractivity contribution in [3.05, 3.63) is 82.6 Å². The third-order valence-electron chi connectivity index (χ3n) is 4.16. The number of nitrogens with one attached hydrogen (secondary N) is 1. The zero-order chi connectivity index (χ0) is 18.1. The highest BCUT2D eigenvalue weighted by Crippen LogP contribution is 2.30. The molecule has 26 heavy (non-hydrogen) atoms. The van der Waals surface area contributed by atoms with Crippen LogP contribution < -0.4 is 5.32 Å². The average molecular weight is 408 g/mol. The van der Waals surface area contributed by atoms with Crippen LogP contribution in [0, 0.1) is 12.7 Å². The van der Waals surface area contributed by atoms with Crippen molar-refractivity contribution in [1.29, 1.82) is 0 Å². The number of para-hydroxylation sites is 1. The molecule has 4 rings (SSSR count). The molecule has 3 aromatic carbocycles. The molecule has 0 saturated heterocycles. The van der Waals surface area contributed by atoms with Crippen LogP contribution in [0.3, 0.4) is 0 Å². The molecule has 4 aromatic rings. The quantitative estimate of drug-likeness (QED) is 0.435. The summed E-state index contributed by atoms with van der Waals surface area (Å²) in [6, 6.07) is 20.2. The van der Waals surface area contributed by atoms with Gasteiger partial charge in [0.05, 0.1) is 11.1 Å². The van der Waals surface area contributed by atoms with Crippen LogP contribution in [0.25, 0.3) is 22.3 Å². The minimum atomic E-state index is -0.339. The number of aryl methyl sites for hydroxylation is 1. The first-order valence-electron chi connectivity index (χ1n) is 8.17. The first-order chi connectivity index (χ1) is 12.6. The van der Waals surface area contributed by atoms with Crippen molar-refractivity contribution in [2.45, 2.75) is 6.92 Å². The van der Waals surface area contributed by atoms with Gasteiger partial charge in [-0.15, -0.1) is 0 Å². The van der Waals surface area contributed by atoms with Crippen molar-refractivity contribution >= 4 is 38.3 Å². The van der Waals surface area contributed by atoms with Crippen molar-refractivity contribution in [3.63, 3.8) is 0 Å². The molecule has 0 bridgehead atoms. The van der Waals surface area contributed by atoms with Gasteiger partial charge in [-0.1, -0.05) is 40.2 Å². The van der Waals surface area contributed by atoms with Crippen molar-refractivity contribution in [1.82, 2.24) is 9.97 Å². The molecular weight excluding hydrogens is 393 g/mol. The van der Waals surface area contributed by atoms with Crippen molar-refractivity contribution in [2.75, 3.05) is 5.32 Å². The van der Waals surface area contributed by atoms with E-state index in [1.54, 1.807) is 18.2 Å². The SMILES string of the molecule is Cc1cc(Br)ccc1Nc1nc(-c2ccccc2F)nc2ccccc12. The maximum atomic E-state index is 14.2. The van der Waals surface area contributed by atoms with E-state index in [9.17, 15) is 4.39 Å². The number of benzene rings is 3. The normalized spacial score (nSPS) is 10.9. The summed E-state index contributed by atoms with van der Waals surface area (Å²) in [5.41, 5.74) is 3.16. The number of hydrogen-bond acceptors (Lipinski definition) is 3. The number of anilines is 2.